The van der Waals surface area contributed by atoms with Gasteiger partial charge in [0.05, 0.1) is 13.2 Å². The lowest BCUT2D eigenvalue weighted by atomic mass is 10.1. The number of phosphoric acid groups is 1. The predicted octanol–water partition coefficient (Wildman–Crippen LogP) is 10.3. The van der Waals surface area contributed by atoms with Crippen LogP contribution >= 0.6 is 7.82 Å². The van der Waals surface area contributed by atoms with Crippen LogP contribution in [0, 0.1) is 0 Å². The van der Waals surface area contributed by atoms with E-state index in [1.54, 1.807) is 0 Å². The van der Waals surface area contributed by atoms with Crippen molar-refractivity contribution in [2.45, 2.75) is 193 Å². The van der Waals surface area contributed by atoms with Gasteiger partial charge >= 0.3 is 13.8 Å². The number of unbranched alkanes of at least 4 members (excludes halogenated alkanes) is 22. The standard InChI is InChI=1S/C38H74NO8P/c1-3-5-7-9-11-13-14-15-16-17-18-19-20-21-23-24-26-28-30-37(41)39-32-33-46-48(43,44)47-35-36(40)34-45-38(42)31-29-27-25-22-12-10-8-6-4-2/h16-17,36,40H,3-15,18-35H2,1-2H3,(H,39,41)(H,43,44)/b17-16-. The van der Waals surface area contributed by atoms with Crippen molar-refractivity contribution in [2.24, 2.45) is 0 Å². The van der Waals surface area contributed by atoms with Crippen LogP contribution in [-0.2, 0) is 27.9 Å². The maximum atomic E-state index is 12.0. The van der Waals surface area contributed by atoms with E-state index < -0.39 is 26.5 Å². The Kier molecular flexibility index (Phi) is 34.6. The van der Waals surface area contributed by atoms with Crippen molar-refractivity contribution in [3.05, 3.63) is 12.2 Å². The Morgan fingerprint density at radius 2 is 1.06 bits per heavy atom. The summed E-state index contributed by atoms with van der Waals surface area (Å²) in [7, 11) is -4.40. The van der Waals surface area contributed by atoms with Gasteiger partial charge in [0.25, 0.3) is 0 Å². The van der Waals surface area contributed by atoms with Crippen LogP contribution in [0.3, 0.4) is 0 Å². The van der Waals surface area contributed by atoms with Gasteiger partial charge in [-0.2, -0.15) is 0 Å². The molecule has 0 heterocycles. The van der Waals surface area contributed by atoms with Crippen LogP contribution in [-0.4, -0.2) is 54.3 Å². The fourth-order valence-electron chi connectivity index (χ4n) is 5.43. The number of amides is 1. The SMILES string of the molecule is CCCCCCCCC/C=C\CCCCCCCCCC(=O)NCCOP(=O)(O)OCC(O)COC(=O)CCCCCCCCCCC. The van der Waals surface area contributed by atoms with Gasteiger partial charge in [-0.15, -0.1) is 0 Å². The normalized spacial score (nSPS) is 13.5. The molecule has 2 unspecified atom stereocenters. The first-order chi connectivity index (χ1) is 23.3. The third-order valence-electron chi connectivity index (χ3n) is 8.45. The highest BCUT2D eigenvalue weighted by atomic mass is 31.2. The maximum Gasteiger partial charge on any atom is 0.472 e. The summed E-state index contributed by atoms with van der Waals surface area (Å²) in [6.45, 7) is 3.52. The van der Waals surface area contributed by atoms with Gasteiger partial charge in [-0.1, -0.05) is 148 Å². The number of allylic oxidation sites excluding steroid dienone is 2. The van der Waals surface area contributed by atoms with Gasteiger partial charge in [0, 0.05) is 19.4 Å². The van der Waals surface area contributed by atoms with Crippen LogP contribution in [0.4, 0.5) is 0 Å². The summed E-state index contributed by atoms with van der Waals surface area (Å²) in [5.41, 5.74) is 0. The third kappa shape index (κ3) is 36.0. The van der Waals surface area contributed by atoms with Gasteiger partial charge in [0.15, 0.2) is 0 Å². The first kappa shape index (κ1) is 46.8. The monoisotopic (exact) mass is 704 g/mol. The molecule has 0 aliphatic carbocycles. The molecule has 0 saturated heterocycles. The van der Waals surface area contributed by atoms with Crippen molar-refractivity contribution in [1.29, 1.82) is 0 Å². The van der Waals surface area contributed by atoms with Gasteiger partial charge in [-0.3, -0.25) is 18.6 Å². The zero-order chi connectivity index (χ0) is 35.4. The molecule has 0 radical (unpaired) electrons. The zero-order valence-electron chi connectivity index (χ0n) is 30.9. The van der Waals surface area contributed by atoms with Gasteiger partial charge in [0.1, 0.15) is 12.7 Å². The number of esters is 1. The number of nitrogens with one attached hydrogen (secondary N) is 1. The summed E-state index contributed by atoms with van der Waals surface area (Å²) in [4.78, 5) is 33.7. The van der Waals surface area contributed by atoms with Crippen LogP contribution in [0.5, 0.6) is 0 Å². The van der Waals surface area contributed by atoms with Gasteiger partial charge in [0.2, 0.25) is 5.91 Å². The van der Waals surface area contributed by atoms with Crippen molar-refractivity contribution in [3.63, 3.8) is 0 Å². The molecule has 9 nitrogen and oxygen atoms in total. The molecule has 48 heavy (non-hydrogen) atoms. The summed E-state index contributed by atoms with van der Waals surface area (Å²) in [5.74, 6) is -0.519. The molecule has 0 aliphatic heterocycles. The average Bonchev–Trinajstić information content (AvgIpc) is 3.07. The molecule has 2 atom stereocenters. The molecule has 0 bridgehead atoms. The van der Waals surface area contributed by atoms with Crippen LogP contribution in [0.2, 0.25) is 0 Å². The quantitative estimate of drug-likeness (QED) is 0.0252. The Morgan fingerprint density at radius 3 is 1.56 bits per heavy atom. The zero-order valence-corrected chi connectivity index (χ0v) is 31.8. The van der Waals surface area contributed by atoms with E-state index >= 15 is 0 Å². The topological polar surface area (TPSA) is 131 Å². The molecule has 0 aromatic heterocycles. The van der Waals surface area contributed by atoms with E-state index in [-0.39, 0.29) is 32.1 Å². The first-order valence-electron chi connectivity index (χ1n) is 19.7. The Balaban J connectivity index is 3.58. The van der Waals surface area contributed by atoms with E-state index in [2.05, 4.69) is 31.3 Å². The highest BCUT2D eigenvalue weighted by molar-refractivity contribution is 7.47. The summed E-state index contributed by atoms with van der Waals surface area (Å²) < 4.78 is 26.7. The number of carbonyl (C=O) groups is 2. The minimum Gasteiger partial charge on any atom is -0.463 e. The molecule has 0 rings (SSSR count). The van der Waals surface area contributed by atoms with Gasteiger partial charge in [-0.25, -0.2) is 4.57 Å². The van der Waals surface area contributed by atoms with Crippen LogP contribution in [0.25, 0.3) is 0 Å². The summed E-state index contributed by atoms with van der Waals surface area (Å²) in [5, 5.41) is 12.6. The lowest BCUT2D eigenvalue weighted by Crippen LogP contribution is -2.27. The Hall–Kier alpha value is -1.25. The number of phosphoric ester groups is 1. The number of aliphatic hydroxyl groups excluding tert-OH is 1. The number of carbonyl (C=O) groups excluding carboxylic acids is 2. The van der Waals surface area contributed by atoms with Crippen molar-refractivity contribution in [3.8, 4) is 0 Å². The van der Waals surface area contributed by atoms with Gasteiger partial charge < -0.3 is 20.1 Å². The Bertz CT molecular complexity index is 810. The van der Waals surface area contributed by atoms with Crippen molar-refractivity contribution < 1.29 is 37.9 Å². The van der Waals surface area contributed by atoms with E-state index in [9.17, 15) is 24.2 Å². The Labute approximate surface area is 294 Å². The molecule has 3 N–H and O–H groups in total. The number of rotatable bonds is 37. The van der Waals surface area contributed by atoms with E-state index in [4.69, 9.17) is 13.8 Å². The fourth-order valence-corrected chi connectivity index (χ4v) is 6.19. The lowest BCUT2D eigenvalue weighted by molar-refractivity contribution is -0.147. The highest BCUT2D eigenvalue weighted by Gasteiger charge is 2.23. The second-order valence-electron chi connectivity index (χ2n) is 13.3. The van der Waals surface area contributed by atoms with Crippen molar-refractivity contribution in [2.75, 3.05) is 26.4 Å². The number of ether oxygens (including phenoxy) is 1. The second-order valence-corrected chi connectivity index (χ2v) is 14.7. The van der Waals surface area contributed by atoms with Crippen molar-refractivity contribution >= 4 is 19.7 Å². The molecule has 0 saturated carbocycles. The molecular formula is C38H74NO8P. The number of hydrogen-bond donors (Lipinski definition) is 3. The highest BCUT2D eigenvalue weighted by Crippen LogP contribution is 2.42. The number of hydrogen-bond acceptors (Lipinski definition) is 7. The van der Waals surface area contributed by atoms with Crippen LogP contribution in [0.15, 0.2) is 12.2 Å². The molecule has 284 valence electrons. The average molecular weight is 704 g/mol. The van der Waals surface area contributed by atoms with Crippen LogP contribution in [0.1, 0.15) is 187 Å². The predicted molar refractivity (Wildman–Crippen MR) is 197 cm³/mol. The fraction of sp³-hybridized carbons (Fsp3) is 0.895. The minimum absolute atomic E-state index is 0.0826. The second kappa shape index (κ2) is 35.6. The molecule has 0 fully saturated rings. The molecule has 1 amide bonds. The minimum atomic E-state index is -4.40. The molecule has 0 aliphatic rings. The van der Waals surface area contributed by atoms with E-state index in [1.807, 2.05) is 0 Å². The smallest absolute Gasteiger partial charge is 0.463 e. The third-order valence-corrected chi connectivity index (χ3v) is 9.43. The Morgan fingerprint density at radius 1 is 0.625 bits per heavy atom. The van der Waals surface area contributed by atoms with Crippen molar-refractivity contribution in [1.82, 2.24) is 5.32 Å². The largest absolute Gasteiger partial charge is 0.472 e. The molecule has 0 aromatic carbocycles. The van der Waals surface area contributed by atoms with Crippen LogP contribution < -0.4 is 5.32 Å². The summed E-state index contributed by atoms with van der Waals surface area (Å²) >= 11 is 0. The van der Waals surface area contributed by atoms with E-state index in [0.29, 0.717) is 6.42 Å². The number of aliphatic hydroxyl groups is 1. The lowest BCUT2D eigenvalue weighted by Gasteiger charge is -2.15. The molecule has 0 aromatic rings. The van der Waals surface area contributed by atoms with E-state index in [0.717, 1.165) is 38.5 Å². The molecule has 10 heteroatoms. The maximum absolute atomic E-state index is 12.0. The first-order valence-corrected chi connectivity index (χ1v) is 21.2. The summed E-state index contributed by atoms with van der Waals surface area (Å²) in [6.07, 6.45) is 34.3. The summed E-state index contributed by atoms with van der Waals surface area (Å²) in [6, 6.07) is 0. The molecule has 0 spiro atoms. The van der Waals surface area contributed by atoms with E-state index in [1.165, 1.54) is 122 Å². The van der Waals surface area contributed by atoms with Gasteiger partial charge in [-0.05, 0) is 38.5 Å². The molecular weight excluding hydrogens is 629 g/mol.